The standard InChI is InChI=1S/C19H20N4O5/c24-16-8-7-14(21-22-16)18(26)23-9-2-1-6-15(23)17(25)20-11-12-4-3-5-13(10-12)19(27)28/h3-5,7-8,10,15H,1-2,6,9,11H2,(H,20,25)(H,22,24)(H,27,28). The fourth-order valence-electron chi connectivity index (χ4n) is 3.18. The third-order valence-corrected chi connectivity index (χ3v) is 4.61. The summed E-state index contributed by atoms with van der Waals surface area (Å²) in [7, 11) is 0. The van der Waals surface area contributed by atoms with Gasteiger partial charge in [0.05, 0.1) is 5.56 Å². The first-order valence-corrected chi connectivity index (χ1v) is 8.92. The number of carbonyl (C=O) groups excluding carboxylic acids is 2. The highest BCUT2D eigenvalue weighted by molar-refractivity contribution is 5.96. The van der Waals surface area contributed by atoms with Crippen LogP contribution < -0.4 is 10.9 Å². The van der Waals surface area contributed by atoms with Gasteiger partial charge in [0.1, 0.15) is 11.7 Å². The van der Waals surface area contributed by atoms with E-state index in [9.17, 15) is 19.2 Å². The second-order valence-electron chi connectivity index (χ2n) is 6.54. The number of nitrogens with one attached hydrogen (secondary N) is 2. The zero-order valence-electron chi connectivity index (χ0n) is 15.1. The van der Waals surface area contributed by atoms with Crippen LogP contribution in [0.15, 0.2) is 41.2 Å². The fraction of sp³-hybridized carbons (Fsp3) is 0.316. The monoisotopic (exact) mass is 384 g/mol. The molecule has 1 saturated heterocycles. The molecule has 1 atom stereocenters. The van der Waals surface area contributed by atoms with Crippen LogP contribution in [0, 0.1) is 0 Å². The minimum atomic E-state index is -1.04. The number of nitrogens with zero attached hydrogens (tertiary/aromatic N) is 2. The fourth-order valence-corrected chi connectivity index (χ4v) is 3.18. The van der Waals surface area contributed by atoms with E-state index in [0.29, 0.717) is 18.5 Å². The molecule has 9 nitrogen and oxygen atoms in total. The molecule has 0 radical (unpaired) electrons. The topological polar surface area (TPSA) is 132 Å². The van der Waals surface area contributed by atoms with Crippen LogP contribution >= 0.6 is 0 Å². The van der Waals surface area contributed by atoms with Crippen molar-refractivity contribution >= 4 is 17.8 Å². The van der Waals surface area contributed by atoms with Gasteiger partial charge in [-0.3, -0.25) is 14.4 Å². The van der Waals surface area contributed by atoms with E-state index < -0.39 is 23.5 Å². The number of H-pyrrole nitrogens is 1. The molecule has 2 heterocycles. The minimum absolute atomic E-state index is 0.0773. The number of hydrogen-bond donors (Lipinski definition) is 3. The molecule has 0 spiro atoms. The van der Waals surface area contributed by atoms with Gasteiger partial charge in [-0.05, 0) is 43.0 Å². The minimum Gasteiger partial charge on any atom is -0.478 e. The van der Waals surface area contributed by atoms with Crippen molar-refractivity contribution < 1.29 is 19.5 Å². The molecule has 1 unspecified atom stereocenters. The number of hydrogen-bond acceptors (Lipinski definition) is 5. The third-order valence-electron chi connectivity index (χ3n) is 4.61. The molecule has 28 heavy (non-hydrogen) atoms. The van der Waals surface area contributed by atoms with Gasteiger partial charge in [-0.25, -0.2) is 9.89 Å². The smallest absolute Gasteiger partial charge is 0.335 e. The molecule has 1 aliphatic heterocycles. The maximum Gasteiger partial charge on any atom is 0.335 e. The molecule has 3 rings (SSSR count). The number of carboxylic acid groups (broad SMARTS) is 1. The van der Waals surface area contributed by atoms with E-state index in [-0.39, 0.29) is 23.7 Å². The number of aromatic amines is 1. The highest BCUT2D eigenvalue weighted by Crippen LogP contribution is 2.19. The number of likely N-dealkylation sites (tertiary alicyclic amines) is 1. The first-order valence-electron chi connectivity index (χ1n) is 8.92. The molecule has 1 aliphatic rings. The largest absolute Gasteiger partial charge is 0.478 e. The van der Waals surface area contributed by atoms with Crippen molar-refractivity contribution in [1.29, 1.82) is 0 Å². The molecule has 9 heteroatoms. The third kappa shape index (κ3) is 4.43. The summed E-state index contributed by atoms with van der Waals surface area (Å²) >= 11 is 0. The van der Waals surface area contributed by atoms with Crippen molar-refractivity contribution in [1.82, 2.24) is 20.4 Å². The van der Waals surface area contributed by atoms with Gasteiger partial charge >= 0.3 is 5.97 Å². The van der Waals surface area contributed by atoms with Crippen LogP contribution in [-0.4, -0.2) is 50.6 Å². The molecule has 3 N–H and O–H groups in total. The van der Waals surface area contributed by atoms with Crippen LogP contribution in [0.1, 0.15) is 45.7 Å². The lowest BCUT2D eigenvalue weighted by molar-refractivity contribution is -0.126. The highest BCUT2D eigenvalue weighted by Gasteiger charge is 2.33. The quantitative estimate of drug-likeness (QED) is 0.698. The summed E-state index contributed by atoms with van der Waals surface area (Å²) in [6.07, 6.45) is 2.12. The van der Waals surface area contributed by atoms with E-state index in [0.717, 1.165) is 12.8 Å². The van der Waals surface area contributed by atoms with Crippen molar-refractivity contribution in [2.75, 3.05) is 6.54 Å². The zero-order valence-corrected chi connectivity index (χ0v) is 15.1. The van der Waals surface area contributed by atoms with E-state index >= 15 is 0 Å². The molecular formula is C19H20N4O5. The Balaban J connectivity index is 1.69. The summed E-state index contributed by atoms with van der Waals surface area (Å²) in [5, 5.41) is 17.8. The molecule has 2 aromatic rings. The van der Waals surface area contributed by atoms with E-state index in [2.05, 4.69) is 15.5 Å². The lowest BCUT2D eigenvalue weighted by Crippen LogP contribution is -2.52. The van der Waals surface area contributed by atoms with Crippen molar-refractivity contribution in [3.63, 3.8) is 0 Å². The van der Waals surface area contributed by atoms with Gasteiger partial charge in [-0.1, -0.05) is 12.1 Å². The number of aromatic nitrogens is 2. The molecule has 2 amide bonds. The summed E-state index contributed by atoms with van der Waals surface area (Å²) < 4.78 is 0. The summed E-state index contributed by atoms with van der Waals surface area (Å²) in [5.74, 6) is -1.76. The zero-order chi connectivity index (χ0) is 20.1. The van der Waals surface area contributed by atoms with E-state index in [1.165, 1.54) is 29.2 Å². The van der Waals surface area contributed by atoms with E-state index in [1.807, 2.05) is 0 Å². The molecule has 1 aromatic carbocycles. The number of benzene rings is 1. The summed E-state index contributed by atoms with van der Waals surface area (Å²) in [6.45, 7) is 0.585. The summed E-state index contributed by atoms with van der Waals surface area (Å²) in [5.41, 5.74) is 0.469. The summed E-state index contributed by atoms with van der Waals surface area (Å²) in [6, 6.07) is 8.22. The van der Waals surface area contributed by atoms with Gasteiger partial charge in [0.25, 0.3) is 11.5 Å². The SMILES string of the molecule is O=C(O)c1cccc(CNC(=O)C2CCCCN2C(=O)c2ccc(=O)[nH]n2)c1. The molecular weight excluding hydrogens is 364 g/mol. The second-order valence-corrected chi connectivity index (χ2v) is 6.54. The van der Waals surface area contributed by atoms with Crippen LogP contribution in [0.3, 0.4) is 0 Å². The number of amides is 2. The van der Waals surface area contributed by atoms with Gasteiger partial charge in [0, 0.05) is 19.2 Å². The molecule has 1 aromatic heterocycles. The number of piperidine rings is 1. The van der Waals surface area contributed by atoms with Crippen LogP contribution in [0.4, 0.5) is 0 Å². The van der Waals surface area contributed by atoms with Gasteiger partial charge in [-0.2, -0.15) is 5.10 Å². The highest BCUT2D eigenvalue weighted by atomic mass is 16.4. The van der Waals surface area contributed by atoms with Crippen molar-refractivity contribution in [3.8, 4) is 0 Å². The molecule has 0 saturated carbocycles. The Labute approximate surface area is 160 Å². The Morgan fingerprint density at radius 3 is 2.75 bits per heavy atom. The Morgan fingerprint density at radius 1 is 1.21 bits per heavy atom. The van der Waals surface area contributed by atoms with Crippen LogP contribution in [-0.2, 0) is 11.3 Å². The molecule has 146 valence electrons. The maximum atomic E-state index is 12.7. The van der Waals surface area contributed by atoms with E-state index in [1.54, 1.807) is 12.1 Å². The van der Waals surface area contributed by atoms with Gasteiger partial charge in [0.15, 0.2) is 0 Å². The molecule has 0 bridgehead atoms. The predicted octanol–water partition coefficient (Wildman–Crippen LogP) is 0.779. The summed E-state index contributed by atoms with van der Waals surface area (Å²) in [4.78, 5) is 49.1. The number of rotatable bonds is 5. The van der Waals surface area contributed by atoms with Crippen LogP contribution in [0.2, 0.25) is 0 Å². The number of carboxylic acids is 1. The number of carbonyl (C=O) groups is 3. The van der Waals surface area contributed by atoms with Gasteiger partial charge in [0.2, 0.25) is 5.91 Å². The Bertz CT molecular complexity index is 935. The van der Waals surface area contributed by atoms with Gasteiger partial charge in [-0.15, -0.1) is 0 Å². The van der Waals surface area contributed by atoms with Gasteiger partial charge < -0.3 is 15.3 Å². The Hall–Kier alpha value is -3.49. The van der Waals surface area contributed by atoms with Crippen LogP contribution in [0.25, 0.3) is 0 Å². The predicted molar refractivity (Wildman–Crippen MR) is 98.8 cm³/mol. The normalized spacial score (nSPS) is 16.4. The first kappa shape index (κ1) is 19.3. The molecule has 0 aliphatic carbocycles. The van der Waals surface area contributed by atoms with Crippen molar-refractivity contribution in [2.45, 2.75) is 31.8 Å². The lowest BCUT2D eigenvalue weighted by Gasteiger charge is -2.34. The average molecular weight is 384 g/mol. The second kappa shape index (κ2) is 8.47. The lowest BCUT2D eigenvalue weighted by atomic mass is 10.0. The van der Waals surface area contributed by atoms with Crippen molar-refractivity contribution in [2.24, 2.45) is 0 Å². The average Bonchev–Trinajstić information content (AvgIpc) is 2.72. The van der Waals surface area contributed by atoms with Crippen LogP contribution in [0.5, 0.6) is 0 Å². The number of aromatic carboxylic acids is 1. The Morgan fingerprint density at radius 2 is 2.04 bits per heavy atom. The first-order chi connectivity index (χ1) is 13.5. The Kier molecular flexibility index (Phi) is 5.83. The van der Waals surface area contributed by atoms with Crippen molar-refractivity contribution in [3.05, 3.63) is 63.6 Å². The maximum absolute atomic E-state index is 12.7. The van der Waals surface area contributed by atoms with E-state index in [4.69, 9.17) is 5.11 Å². The molecule has 1 fully saturated rings.